The summed E-state index contributed by atoms with van der Waals surface area (Å²) in [6.45, 7) is -0.0807. The second-order valence-electron chi connectivity index (χ2n) is 7.51. The summed E-state index contributed by atoms with van der Waals surface area (Å²) in [6, 6.07) is 2.78. The molecule has 1 aliphatic carbocycles. The monoisotopic (exact) mass is 466 g/mol. The minimum atomic E-state index is -4.62. The van der Waals surface area contributed by atoms with E-state index in [2.05, 4.69) is 19.9 Å². The first kappa shape index (κ1) is 20.7. The predicted octanol–water partition coefficient (Wildman–Crippen LogP) is 4.95. The molecule has 12 heteroatoms. The Hall–Kier alpha value is -3.21. The van der Waals surface area contributed by atoms with Crippen LogP contribution in [0.3, 0.4) is 0 Å². The maximum Gasteiger partial charge on any atom is 0.434 e. The normalized spacial score (nSPS) is 14.3. The van der Waals surface area contributed by atoms with Crippen molar-refractivity contribution in [2.75, 3.05) is 0 Å². The summed E-state index contributed by atoms with van der Waals surface area (Å²) in [5, 5.41) is 0.00531. The molecule has 0 atom stereocenters. The SMILES string of the molecule is Cn1ccc2nc(Cl)nc(OCc3cnc(-c4nc(C(F)(F)F)cn4C4CC4)c(F)c3)c21. The summed E-state index contributed by atoms with van der Waals surface area (Å²) in [4.78, 5) is 15.8. The average molecular weight is 467 g/mol. The van der Waals surface area contributed by atoms with Crippen molar-refractivity contribution in [1.82, 2.24) is 29.1 Å². The second-order valence-corrected chi connectivity index (χ2v) is 7.84. The average Bonchev–Trinajstić information content (AvgIpc) is 3.36. The number of hydrogen-bond acceptors (Lipinski definition) is 5. The van der Waals surface area contributed by atoms with E-state index >= 15 is 0 Å². The van der Waals surface area contributed by atoms with Gasteiger partial charge in [0.2, 0.25) is 11.2 Å². The third-order valence-electron chi connectivity index (χ3n) is 5.11. The van der Waals surface area contributed by atoms with Crippen LogP contribution in [0.2, 0.25) is 5.28 Å². The lowest BCUT2D eigenvalue weighted by atomic mass is 10.2. The molecule has 32 heavy (non-hydrogen) atoms. The number of aryl methyl sites for hydroxylation is 1. The lowest BCUT2D eigenvalue weighted by Gasteiger charge is -2.10. The first-order valence-corrected chi connectivity index (χ1v) is 10.0. The zero-order valence-corrected chi connectivity index (χ0v) is 17.3. The Bertz CT molecular complexity index is 1330. The maximum absolute atomic E-state index is 14.9. The molecule has 4 aromatic heterocycles. The highest BCUT2D eigenvalue weighted by atomic mass is 35.5. The molecular weight excluding hydrogens is 452 g/mol. The van der Waals surface area contributed by atoms with E-state index in [0.29, 0.717) is 29.4 Å². The third kappa shape index (κ3) is 3.77. The molecule has 0 radical (unpaired) electrons. The van der Waals surface area contributed by atoms with E-state index in [1.54, 1.807) is 23.9 Å². The Morgan fingerprint density at radius 1 is 1.22 bits per heavy atom. The molecule has 0 N–H and O–H groups in total. The van der Waals surface area contributed by atoms with Crippen molar-refractivity contribution in [2.45, 2.75) is 31.7 Å². The molecule has 4 aromatic rings. The van der Waals surface area contributed by atoms with Gasteiger partial charge < -0.3 is 13.9 Å². The Balaban J connectivity index is 1.43. The number of halogens is 5. The summed E-state index contributed by atoms with van der Waals surface area (Å²) in [6.07, 6.45) is 0.820. The number of aromatic nitrogens is 6. The van der Waals surface area contributed by atoms with Gasteiger partial charge in [0.15, 0.2) is 17.3 Å². The van der Waals surface area contributed by atoms with E-state index in [1.807, 2.05) is 0 Å². The van der Waals surface area contributed by atoms with Crippen LogP contribution in [0.15, 0.2) is 30.7 Å². The van der Waals surface area contributed by atoms with Gasteiger partial charge >= 0.3 is 6.18 Å². The number of alkyl halides is 3. The van der Waals surface area contributed by atoms with Crippen molar-refractivity contribution in [3.05, 3.63) is 53.1 Å². The highest BCUT2D eigenvalue weighted by Crippen LogP contribution is 2.41. The molecule has 0 amide bonds. The van der Waals surface area contributed by atoms with Gasteiger partial charge in [-0.2, -0.15) is 18.2 Å². The molecule has 166 valence electrons. The lowest BCUT2D eigenvalue weighted by Crippen LogP contribution is -2.05. The van der Waals surface area contributed by atoms with Gasteiger partial charge in [-0.15, -0.1) is 0 Å². The summed E-state index contributed by atoms with van der Waals surface area (Å²) >= 11 is 5.93. The molecule has 1 saturated carbocycles. The molecule has 1 fully saturated rings. The van der Waals surface area contributed by atoms with Crippen LogP contribution in [0.25, 0.3) is 22.6 Å². The third-order valence-corrected chi connectivity index (χ3v) is 5.28. The number of nitrogens with zero attached hydrogens (tertiary/aromatic N) is 6. The highest BCUT2D eigenvalue weighted by molar-refractivity contribution is 6.28. The van der Waals surface area contributed by atoms with Crippen molar-refractivity contribution in [1.29, 1.82) is 0 Å². The van der Waals surface area contributed by atoms with E-state index in [4.69, 9.17) is 16.3 Å². The minimum Gasteiger partial charge on any atom is -0.471 e. The molecule has 0 spiro atoms. The van der Waals surface area contributed by atoms with Crippen LogP contribution in [0, 0.1) is 5.82 Å². The molecule has 1 aliphatic rings. The van der Waals surface area contributed by atoms with Crippen molar-refractivity contribution < 1.29 is 22.3 Å². The maximum atomic E-state index is 14.9. The van der Waals surface area contributed by atoms with Crippen molar-refractivity contribution in [3.63, 3.8) is 0 Å². The van der Waals surface area contributed by atoms with Crippen molar-refractivity contribution in [3.8, 4) is 17.4 Å². The van der Waals surface area contributed by atoms with Gasteiger partial charge in [0.05, 0.1) is 5.52 Å². The molecule has 0 bridgehead atoms. The van der Waals surface area contributed by atoms with Crippen LogP contribution in [0.5, 0.6) is 5.88 Å². The number of imidazole rings is 1. The largest absolute Gasteiger partial charge is 0.471 e. The van der Waals surface area contributed by atoms with Crippen molar-refractivity contribution >= 4 is 22.6 Å². The lowest BCUT2D eigenvalue weighted by molar-refractivity contribution is -0.140. The first-order chi connectivity index (χ1) is 15.2. The molecule has 0 aliphatic heterocycles. The van der Waals surface area contributed by atoms with Gasteiger partial charge in [-0.3, -0.25) is 0 Å². The van der Waals surface area contributed by atoms with Gasteiger partial charge in [-0.05, 0) is 36.6 Å². The Labute approximate surface area is 183 Å². The van der Waals surface area contributed by atoms with E-state index in [0.717, 1.165) is 12.3 Å². The fourth-order valence-corrected chi connectivity index (χ4v) is 3.61. The number of ether oxygens (including phenoxy) is 1. The van der Waals surface area contributed by atoms with Gasteiger partial charge in [0.25, 0.3) is 0 Å². The predicted molar refractivity (Wildman–Crippen MR) is 107 cm³/mol. The van der Waals surface area contributed by atoms with Gasteiger partial charge in [-0.1, -0.05) is 0 Å². The zero-order valence-electron chi connectivity index (χ0n) is 16.6. The Kier molecular flexibility index (Phi) is 4.81. The number of fused-ring (bicyclic) bond motifs is 1. The standard InChI is InChI=1S/C20H15ClF4N6O/c1-30-5-4-13-16(30)18(29-19(21)27-13)32-9-10-6-12(22)15(26-7-10)17-28-14(20(23,24)25)8-31(17)11-2-3-11/h4-8,11H,2-3,9H2,1H3. The topological polar surface area (TPSA) is 70.7 Å². The summed E-state index contributed by atoms with van der Waals surface area (Å²) < 4.78 is 63.1. The van der Waals surface area contributed by atoms with Crippen LogP contribution >= 0.6 is 11.6 Å². The van der Waals surface area contributed by atoms with Crippen molar-refractivity contribution in [2.24, 2.45) is 7.05 Å². The fourth-order valence-electron chi connectivity index (χ4n) is 3.44. The highest BCUT2D eigenvalue weighted by Gasteiger charge is 2.38. The summed E-state index contributed by atoms with van der Waals surface area (Å²) in [5.74, 6) is -0.717. The van der Waals surface area contributed by atoms with Gasteiger partial charge in [0, 0.05) is 37.2 Å². The van der Waals surface area contributed by atoms with E-state index in [1.165, 1.54) is 10.8 Å². The van der Waals surface area contributed by atoms with Gasteiger partial charge in [-0.25, -0.2) is 19.3 Å². The van der Waals surface area contributed by atoms with Crippen LogP contribution < -0.4 is 4.74 Å². The second kappa shape index (κ2) is 7.44. The number of rotatable bonds is 5. The summed E-state index contributed by atoms with van der Waals surface area (Å²) in [5.41, 5.74) is 0.260. The van der Waals surface area contributed by atoms with Gasteiger partial charge in [0.1, 0.15) is 17.8 Å². The molecule has 0 aromatic carbocycles. The van der Waals surface area contributed by atoms with E-state index < -0.39 is 17.7 Å². The Morgan fingerprint density at radius 2 is 2.00 bits per heavy atom. The molecule has 4 heterocycles. The molecule has 0 unspecified atom stereocenters. The smallest absolute Gasteiger partial charge is 0.434 e. The van der Waals surface area contributed by atoms with Crippen LogP contribution in [0.1, 0.15) is 30.1 Å². The number of pyridine rings is 1. The molecule has 5 rings (SSSR count). The van der Waals surface area contributed by atoms with Crippen LogP contribution in [-0.4, -0.2) is 29.1 Å². The number of hydrogen-bond donors (Lipinski definition) is 0. The Morgan fingerprint density at radius 3 is 2.69 bits per heavy atom. The minimum absolute atomic E-state index is 0.00531. The zero-order chi connectivity index (χ0) is 22.6. The summed E-state index contributed by atoms with van der Waals surface area (Å²) in [7, 11) is 1.79. The fraction of sp³-hybridized carbons (Fsp3) is 0.300. The first-order valence-electron chi connectivity index (χ1n) is 9.63. The van der Waals surface area contributed by atoms with E-state index in [9.17, 15) is 17.6 Å². The molecular formula is C20H15ClF4N6O. The quantitative estimate of drug-likeness (QED) is 0.307. The van der Waals surface area contributed by atoms with Crippen LogP contribution in [-0.2, 0) is 19.8 Å². The molecule has 7 nitrogen and oxygen atoms in total. The van der Waals surface area contributed by atoms with E-state index in [-0.39, 0.29) is 35.3 Å². The molecule has 0 saturated heterocycles. The van der Waals surface area contributed by atoms with Crippen LogP contribution in [0.4, 0.5) is 17.6 Å².